The van der Waals surface area contributed by atoms with E-state index in [1.54, 1.807) is 31.4 Å². The second-order valence-corrected chi connectivity index (χ2v) is 5.56. The first-order valence-electron chi connectivity index (χ1n) is 5.57. The molecule has 104 valence electrons. The Bertz CT molecular complexity index is 482. The molecule has 2 N–H and O–H groups in total. The smallest absolute Gasteiger partial charge is 0.323 e. The molecular weight excluding hydrogens is 268 g/mol. The summed E-state index contributed by atoms with van der Waals surface area (Å²) in [5.74, 6) is -1.91. The van der Waals surface area contributed by atoms with E-state index in [0.29, 0.717) is 4.88 Å². The van der Waals surface area contributed by atoms with Gasteiger partial charge in [0.1, 0.15) is 12.1 Å². The van der Waals surface area contributed by atoms with Crippen LogP contribution < -0.4 is 5.32 Å². The highest BCUT2D eigenvalue weighted by atomic mass is 32.1. The zero-order valence-electron chi connectivity index (χ0n) is 11.0. The lowest BCUT2D eigenvalue weighted by atomic mass is 10.0. The lowest BCUT2D eigenvalue weighted by Gasteiger charge is -2.29. The fourth-order valence-corrected chi connectivity index (χ4v) is 2.18. The van der Waals surface area contributed by atoms with Crippen LogP contribution >= 0.6 is 11.3 Å². The van der Waals surface area contributed by atoms with Gasteiger partial charge in [0.05, 0.1) is 4.88 Å². The molecule has 0 spiro atoms. The minimum absolute atomic E-state index is 0.350. The molecule has 0 atom stereocenters. The molecule has 0 bridgehead atoms. The van der Waals surface area contributed by atoms with Crippen molar-refractivity contribution in [3.63, 3.8) is 0 Å². The molecule has 0 fully saturated rings. The third-order valence-electron chi connectivity index (χ3n) is 2.42. The molecule has 0 unspecified atom stereocenters. The molecule has 1 aromatic heterocycles. The van der Waals surface area contributed by atoms with Gasteiger partial charge in [0.25, 0.3) is 5.91 Å². The molecule has 0 aliphatic carbocycles. The third kappa shape index (κ3) is 4.06. The van der Waals surface area contributed by atoms with Gasteiger partial charge in [-0.2, -0.15) is 0 Å². The Hall–Kier alpha value is -1.89. The molecule has 19 heavy (non-hydrogen) atoms. The van der Waals surface area contributed by atoms with E-state index in [-0.39, 0.29) is 5.91 Å². The van der Waals surface area contributed by atoms with E-state index in [4.69, 9.17) is 5.11 Å². The molecule has 1 rings (SSSR count). The van der Waals surface area contributed by atoms with Gasteiger partial charge in [-0.15, -0.1) is 11.3 Å². The second-order valence-electron chi connectivity index (χ2n) is 4.61. The molecule has 0 aromatic carbocycles. The first-order chi connectivity index (χ1) is 8.74. The maximum Gasteiger partial charge on any atom is 0.323 e. The summed E-state index contributed by atoms with van der Waals surface area (Å²) in [6.07, 6.45) is 0. The number of aliphatic carboxylic acids is 1. The van der Waals surface area contributed by atoms with Crippen molar-refractivity contribution in [3.8, 4) is 0 Å². The van der Waals surface area contributed by atoms with Gasteiger partial charge in [-0.05, 0) is 25.3 Å². The van der Waals surface area contributed by atoms with Gasteiger partial charge in [-0.3, -0.25) is 14.4 Å². The highest BCUT2D eigenvalue weighted by Crippen LogP contribution is 2.12. The van der Waals surface area contributed by atoms with Crippen LogP contribution in [-0.4, -0.2) is 46.9 Å². The second kappa shape index (κ2) is 5.83. The Labute approximate surface area is 115 Å². The van der Waals surface area contributed by atoms with Crippen molar-refractivity contribution in [1.82, 2.24) is 10.2 Å². The van der Waals surface area contributed by atoms with Crippen molar-refractivity contribution in [2.75, 3.05) is 13.6 Å². The summed E-state index contributed by atoms with van der Waals surface area (Å²) >= 11 is 1.27. The van der Waals surface area contributed by atoms with E-state index in [9.17, 15) is 14.4 Å². The topological polar surface area (TPSA) is 86.7 Å². The van der Waals surface area contributed by atoms with Gasteiger partial charge in [0, 0.05) is 7.05 Å². The van der Waals surface area contributed by atoms with E-state index >= 15 is 0 Å². The molecule has 0 aliphatic heterocycles. The highest BCUT2D eigenvalue weighted by molar-refractivity contribution is 7.12. The lowest BCUT2D eigenvalue weighted by Crippen LogP contribution is -2.55. The Morgan fingerprint density at radius 1 is 1.42 bits per heavy atom. The van der Waals surface area contributed by atoms with Crippen LogP contribution in [0.15, 0.2) is 17.5 Å². The molecular formula is C12H16N2O4S. The standard InChI is InChI=1S/C12H16N2O4S/c1-12(2,11(18)14(3)7-9(15)16)13-10(17)8-5-4-6-19-8/h4-6H,7H2,1-3H3,(H,13,17)(H,15,16). The quantitative estimate of drug-likeness (QED) is 0.837. The van der Waals surface area contributed by atoms with Gasteiger partial charge in [0.15, 0.2) is 0 Å². The maximum absolute atomic E-state index is 12.1. The average Bonchev–Trinajstić information content (AvgIpc) is 2.79. The van der Waals surface area contributed by atoms with Crippen LogP contribution in [-0.2, 0) is 9.59 Å². The SMILES string of the molecule is CN(CC(=O)O)C(=O)C(C)(C)NC(=O)c1cccs1. The summed E-state index contributed by atoms with van der Waals surface area (Å²) in [6, 6.07) is 3.40. The van der Waals surface area contributed by atoms with E-state index in [1.165, 1.54) is 18.4 Å². The number of carbonyl (C=O) groups excluding carboxylic acids is 2. The Morgan fingerprint density at radius 3 is 2.53 bits per heavy atom. The maximum atomic E-state index is 12.1. The number of carboxylic acids is 1. The summed E-state index contributed by atoms with van der Waals surface area (Å²) in [4.78, 5) is 36.1. The molecule has 0 saturated carbocycles. The third-order valence-corrected chi connectivity index (χ3v) is 3.29. The van der Waals surface area contributed by atoms with Crippen molar-refractivity contribution in [1.29, 1.82) is 0 Å². The number of thiophene rings is 1. The predicted octanol–water partition coefficient (Wildman–Crippen LogP) is 0.800. The minimum Gasteiger partial charge on any atom is -0.480 e. The first-order valence-corrected chi connectivity index (χ1v) is 6.45. The number of likely N-dealkylation sites (N-methyl/N-ethyl adjacent to an activating group) is 1. The highest BCUT2D eigenvalue weighted by Gasteiger charge is 2.33. The molecule has 7 heteroatoms. The van der Waals surface area contributed by atoms with Crippen molar-refractivity contribution in [2.45, 2.75) is 19.4 Å². The first kappa shape index (κ1) is 15.2. The number of rotatable bonds is 5. The van der Waals surface area contributed by atoms with Crippen LogP contribution in [0.4, 0.5) is 0 Å². The average molecular weight is 284 g/mol. The fraction of sp³-hybridized carbons (Fsp3) is 0.417. The fourth-order valence-electron chi connectivity index (χ4n) is 1.56. The Balaban J connectivity index is 2.72. The van der Waals surface area contributed by atoms with Crippen LogP contribution in [0.3, 0.4) is 0 Å². The van der Waals surface area contributed by atoms with E-state index < -0.39 is 24.0 Å². The normalized spacial score (nSPS) is 10.9. The van der Waals surface area contributed by atoms with Crippen LogP contribution in [0, 0.1) is 0 Å². The zero-order valence-corrected chi connectivity index (χ0v) is 11.8. The molecule has 0 saturated heterocycles. The van der Waals surface area contributed by atoms with Gasteiger partial charge in [0.2, 0.25) is 5.91 Å². The minimum atomic E-state index is -1.16. The van der Waals surface area contributed by atoms with Gasteiger partial charge >= 0.3 is 5.97 Å². The van der Waals surface area contributed by atoms with Crippen molar-refractivity contribution < 1.29 is 19.5 Å². The van der Waals surface area contributed by atoms with Crippen molar-refractivity contribution >= 4 is 29.1 Å². The molecule has 0 radical (unpaired) electrons. The monoisotopic (exact) mass is 284 g/mol. The molecule has 6 nitrogen and oxygen atoms in total. The molecule has 1 heterocycles. The van der Waals surface area contributed by atoms with Gasteiger partial charge < -0.3 is 15.3 Å². The Kier molecular flexibility index (Phi) is 4.66. The number of nitrogens with zero attached hydrogens (tertiary/aromatic N) is 1. The largest absolute Gasteiger partial charge is 0.480 e. The number of carboxylic acid groups (broad SMARTS) is 1. The number of hydrogen-bond acceptors (Lipinski definition) is 4. The summed E-state index contributed by atoms with van der Waals surface area (Å²) < 4.78 is 0. The summed E-state index contributed by atoms with van der Waals surface area (Å²) in [5, 5.41) is 13.0. The molecule has 0 aliphatic rings. The summed E-state index contributed by atoms with van der Waals surface area (Å²) in [5.41, 5.74) is -1.16. The van der Waals surface area contributed by atoms with Crippen LogP contribution in [0.25, 0.3) is 0 Å². The van der Waals surface area contributed by atoms with E-state index in [1.807, 2.05) is 0 Å². The molecule has 2 amide bonds. The summed E-state index contributed by atoms with van der Waals surface area (Å²) in [6.45, 7) is 2.68. The number of nitrogens with one attached hydrogen (secondary N) is 1. The van der Waals surface area contributed by atoms with E-state index in [2.05, 4.69) is 5.32 Å². The van der Waals surface area contributed by atoms with Gasteiger partial charge in [-0.1, -0.05) is 6.07 Å². The lowest BCUT2D eigenvalue weighted by molar-refractivity contribution is -0.145. The zero-order chi connectivity index (χ0) is 14.6. The van der Waals surface area contributed by atoms with Gasteiger partial charge in [-0.25, -0.2) is 0 Å². The van der Waals surface area contributed by atoms with Crippen molar-refractivity contribution in [3.05, 3.63) is 22.4 Å². The number of carbonyl (C=O) groups is 3. The number of hydrogen-bond donors (Lipinski definition) is 2. The molecule has 1 aromatic rings. The van der Waals surface area contributed by atoms with E-state index in [0.717, 1.165) is 4.90 Å². The Morgan fingerprint density at radius 2 is 2.05 bits per heavy atom. The van der Waals surface area contributed by atoms with Crippen molar-refractivity contribution in [2.24, 2.45) is 0 Å². The summed E-state index contributed by atoms with van der Waals surface area (Å²) in [7, 11) is 1.38. The van der Waals surface area contributed by atoms with Crippen LogP contribution in [0.5, 0.6) is 0 Å². The van der Waals surface area contributed by atoms with Crippen LogP contribution in [0.2, 0.25) is 0 Å². The predicted molar refractivity (Wildman–Crippen MR) is 71.1 cm³/mol. The number of amides is 2. The van der Waals surface area contributed by atoms with Crippen LogP contribution in [0.1, 0.15) is 23.5 Å².